The number of benzene rings is 1. The van der Waals surface area contributed by atoms with Gasteiger partial charge in [0.2, 0.25) is 0 Å². The number of hydrogen-bond donors (Lipinski definition) is 1. The molecule has 2 rings (SSSR count). The van der Waals surface area contributed by atoms with Gasteiger partial charge in [0.1, 0.15) is 5.60 Å². The molecular formula is C14H18N2O2. The molecule has 0 aliphatic carbocycles. The summed E-state index contributed by atoms with van der Waals surface area (Å²) < 4.78 is 5.35. The van der Waals surface area contributed by atoms with Gasteiger partial charge in [-0.25, -0.2) is 4.79 Å². The van der Waals surface area contributed by atoms with Crippen molar-refractivity contribution >= 4 is 22.7 Å². The average molecular weight is 246 g/mol. The van der Waals surface area contributed by atoms with E-state index in [2.05, 4.69) is 4.98 Å². The summed E-state index contributed by atoms with van der Waals surface area (Å²) >= 11 is 0. The first-order valence-corrected chi connectivity index (χ1v) is 5.91. The summed E-state index contributed by atoms with van der Waals surface area (Å²) in [7, 11) is 1.71. The fraction of sp³-hybridized carbons (Fsp3) is 0.357. The van der Waals surface area contributed by atoms with Gasteiger partial charge < -0.3 is 9.72 Å². The standard InChI is InChI=1S/C14H18N2O2/c1-14(2,3)18-13(17)16(4)12-9-15-11-8-6-5-7-10(11)12/h5-9,15H,1-4H3. The lowest BCUT2D eigenvalue weighted by Crippen LogP contribution is -2.34. The highest BCUT2D eigenvalue weighted by atomic mass is 16.6. The van der Waals surface area contributed by atoms with Crippen LogP contribution in [0.5, 0.6) is 0 Å². The molecule has 0 fully saturated rings. The molecule has 0 aliphatic rings. The zero-order valence-electron chi connectivity index (χ0n) is 11.2. The summed E-state index contributed by atoms with van der Waals surface area (Å²) in [6, 6.07) is 7.85. The van der Waals surface area contributed by atoms with Crippen LogP contribution in [0.1, 0.15) is 20.8 Å². The smallest absolute Gasteiger partial charge is 0.414 e. The van der Waals surface area contributed by atoms with E-state index in [4.69, 9.17) is 4.74 Å². The molecule has 0 radical (unpaired) electrons. The van der Waals surface area contributed by atoms with E-state index in [9.17, 15) is 4.79 Å². The Bertz CT molecular complexity index is 566. The third-order valence-corrected chi connectivity index (χ3v) is 2.60. The van der Waals surface area contributed by atoms with Crippen molar-refractivity contribution in [3.63, 3.8) is 0 Å². The van der Waals surface area contributed by atoms with Crippen LogP contribution in [-0.4, -0.2) is 23.7 Å². The van der Waals surface area contributed by atoms with Crippen molar-refractivity contribution < 1.29 is 9.53 Å². The molecule has 0 saturated heterocycles. The Kier molecular flexibility index (Phi) is 3.03. The molecule has 1 amide bonds. The Balaban J connectivity index is 2.28. The summed E-state index contributed by atoms with van der Waals surface area (Å²) in [6.45, 7) is 5.57. The summed E-state index contributed by atoms with van der Waals surface area (Å²) in [5, 5.41) is 1.01. The van der Waals surface area contributed by atoms with Crippen LogP contribution < -0.4 is 4.90 Å². The number of carbonyl (C=O) groups excluding carboxylic acids is 1. The van der Waals surface area contributed by atoms with Crippen molar-refractivity contribution in [1.82, 2.24) is 4.98 Å². The number of para-hydroxylation sites is 1. The molecule has 4 heteroatoms. The van der Waals surface area contributed by atoms with Crippen LogP contribution in [0, 0.1) is 0 Å². The van der Waals surface area contributed by atoms with Crippen LogP contribution in [0.2, 0.25) is 0 Å². The zero-order chi connectivity index (χ0) is 13.3. The van der Waals surface area contributed by atoms with Crippen LogP contribution in [0.25, 0.3) is 10.9 Å². The first-order valence-electron chi connectivity index (χ1n) is 5.91. The van der Waals surface area contributed by atoms with Gasteiger partial charge in [-0.3, -0.25) is 4.90 Å². The third kappa shape index (κ3) is 2.47. The Hall–Kier alpha value is -1.97. The van der Waals surface area contributed by atoms with E-state index in [0.29, 0.717) is 0 Å². The summed E-state index contributed by atoms with van der Waals surface area (Å²) in [4.78, 5) is 16.6. The molecule has 1 aromatic carbocycles. The number of H-pyrrole nitrogens is 1. The van der Waals surface area contributed by atoms with Gasteiger partial charge in [-0.2, -0.15) is 0 Å². The van der Waals surface area contributed by atoms with E-state index in [1.807, 2.05) is 51.2 Å². The fourth-order valence-electron chi connectivity index (χ4n) is 1.76. The zero-order valence-corrected chi connectivity index (χ0v) is 11.2. The molecule has 0 unspecified atom stereocenters. The van der Waals surface area contributed by atoms with E-state index in [0.717, 1.165) is 16.6 Å². The molecule has 18 heavy (non-hydrogen) atoms. The second kappa shape index (κ2) is 4.37. The number of nitrogens with zero attached hydrogens (tertiary/aromatic N) is 1. The summed E-state index contributed by atoms with van der Waals surface area (Å²) in [5.41, 5.74) is 1.33. The SMILES string of the molecule is CN(C(=O)OC(C)(C)C)c1c[nH]c2ccccc12. The third-order valence-electron chi connectivity index (χ3n) is 2.60. The number of carbonyl (C=O) groups is 1. The Morgan fingerprint density at radius 3 is 2.61 bits per heavy atom. The van der Waals surface area contributed by atoms with Crippen molar-refractivity contribution in [3.05, 3.63) is 30.5 Å². The molecule has 1 heterocycles. The molecule has 4 nitrogen and oxygen atoms in total. The van der Waals surface area contributed by atoms with Crippen LogP contribution in [0.3, 0.4) is 0 Å². The number of hydrogen-bond acceptors (Lipinski definition) is 2. The molecule has 0 aliphatic heterocycles. The lowest BCUT2D eigenvalue weighted by Gasteiger charge is -2.24. The van der Waals surface area contributed by atoms with Crippen molar-refractivity contribution in [1.29, 1.82) is 0 Å². The highest BCUT2D eigenvalue weighted by molar-refractivity contribution is 6.00. The highest BCUT2D eigenvalue weighted by Crippen LogP contribution is 2.26. The second-order valence-corrected chi connectivity index (χ2v) is 5.26. The average Bonchev–Trinajstić information content (AvgIpc) is 2.69. The maximum Gasteiger partial charge on any atom is 0.414 e. The Labute approximate surface area is 107 Å². The normalized spacial score (nSPS) is 11.6. The first-order chi connectivity index (χ1) is 8.38. The Morgan fingerprint density at radius 2 is 1.94 bits per heavy atom. The number of amides is 1. The molecular weight excluding hydrogens is 228 g/mol. The Morgan fingerprint density at radius 1 is 1.28 bits per heavy atom. The van der Waals surface area contributed by atoms with Crippen molar-refractivity contribution in [3.8, 4) is 0 Å². The van der Waals surface area contributed by atoms with Crippen LogP contribution in [-0.2, 0) is 4.74 Å². The number of anilines is 1. The second-order valence-electron chi connectivity index (χ2n) is 5.26. The van der Waals surface area contributed by atoms with Gasteiger partial charge in [-0.15, -0.1) is 0 Å². The van der Waals surface area contributed by atoms with Gasteiger partial charge in [-0.05, 0) is 26.8 Å². The van der Waals surface area contributed by atoms with Gasteiger partial charge in [0.25, 0.3) is 0 Å². The highest BCUT2D eigenvalue weighted by Gasteiger charge is 2.22. The van der Waals surface area contributed by atoms with Crippen molar-refractivity contribution in [2.24, 2.45) is 0 Å². The van der Waals surface area contributed by atoms with Gasteiger partial charge in [0.15, 0.2) is 0 Å². The lowest BCUT2D eigenvalue weighted by molar-refractivity contribution is 0.0590. The molecule has 0 bridgehead atoms. The fourth-order valence-corrected chi connectivity index (χ4v) is 1.76. The number of ether oxygens (including phenoxy) is 1. The van der Waals surface area contributed by atoms with Gasteiger partial charge in [0, 0.05) is 24.1 Å². The molecule has 1 aromatic heterocycles. The summed E-state index contributed by atoms with van der Waals surface area (Å²) in [6.07, 6.45) is 1.46. The minimum Gasteiger partial charge on any atom is -0.443 e. The largest absolute Gasteiger partial charge is 0.443 e. The number of aromatic amines is 1. The van der Waals surface area contributed by atoms with E-state index in [-0.39, 0.29) is 6.09 Å². The van der Waals surface area contributed by atoms with Gasteiger partial charge >= 0.3 is 6.09 Å². The number of fused-ring (bicyclic) bond motifs is 1. The van der Waals surface area contributed by atoms with Crippen molar-refractivity contribution in [2.45, 2.75) is 26.4 Å². The van der Waals surface area contributed by atoms with Gasteiger partial charge in [-0.1, -0.05) is 18.2 Å². The minimum atomic E-state index is -0.489. The maximum absolute atomic E-state index is 12.0. The molecule has 0 atom stereocenters. The predicted octanol–water partition coefficient (Wildman–Crippen LogP) is 3.54. The van der Waals surface area contributed by atoms with Crippen LogP contribution >= 0.6 is 0 Å². The monoisotopic (exact) mass is 246 g/mol. The minimum absolute atomic E-state index is 0.354. The van der Waals surface area contributed by atoms with Crippen molar-refractivity contribution in [2.75, 3.05) is 11.9 Å². The molecule has 0 saturated carbocycles. The molecule has 1 N–H and O–H groups in total. The van der Waals surface area contributed by atoms with Crippen LogP contribution in [0.15, 0.2) is 30.5 Å². The van der Waals surface area contributed by atoms with Gasteiger partial charge in [0.05, 0.1) is 5.69 Å². The maximum atomic E-state index is 12.0. The number of rotatable bonds is 1. The lowest BCUT2D eigenvalue weighted by atomic mass is 10.2. The summed E-state index contributed by atoms with van der Waals surface area (Å²) in [5.74, 6) is 0. The van der Waals surface area contributed by atoms with E-state index in [1.165, 1.54) is 4.90 Å². The predicted molar refractivity (Wildman–Crippen MR) is 72.9 cm³/mol. The molecule has 0 spiro atoms. The molecule has 2 aromatic rings. The topological polar surface area (TPSA) is 45.3 Å². The number of nitrogens with one attached hydrogen (secondary N) is 1. The van der Waals surface area contributed by atoms with E-state index < -0.39 is 5.60 Å². The van der Waals surface area contributed by atoms with Crippen LogP contribution in [0.4, 0.5) is 10.5 Å². The van der Waals surface area contributed by atoms with E-state index >= 15 is 0 Å². The quantitative estimate of drug-likeness (QED) is 0.836. The van der Waals surface area contributed by atoms with E-state index in [1.54, 1.807) is 7.05 Å². The number of aromatic nitrogens is 1. The molecule has 96 valence electrons. The first kappa shape index (κ1) is 12.5.